The van der Waals surface area contributed by atoms with Crippen molar-refractivity contribution in [3.63, 3.8) is 0 Å². The molecule has 0 aliphatic carbocycles. The molecule has 0 bridgehead atoms. The molecule has 0 fully saturated rings. The van der Waals surface area contributed by atoms with E-state index in [-0.39, 0.29) is 23.8 Å². The Morgan fingerprint density at radius 2 is 1.36 bits per heavy atom. The molecule has 0 spiro atoms. The molecule has 0 aromatic heterocycles. The van der Waals surface area contributed by atoms with Gasteiger partial charge in [-0.2, -0.15) is 0 Å². The minimum Gasteiger partial charge on any atom is -0.357 e. The molecule has 7 nitrogen and oxygen atoms in total. The maximum atomic E-state index is 14.3. The lowest BCUT2D eigenvalue weighted by Gasteiger charge is -2.33. The number of sulfonamides is 1. The average molecular weight is 604 g/mol. The number of anilines is 1. The molecular formula is C33H34ClN3O4S. The van der Waals surface area contributed by atoms with Crippen molar-refractivity contribution in [2.75, 3.05) is 17.9 Å². The fourth-order valence-corrected chi connectivity index (χ4v) is 6.12. The van der Waals surface area contributed by atoms with Crippen LogP contribution in [0, 0.1) is 13.8 Å². The van der Waals surface area contributed by atoms with Crippen molar-refractivity contribution in [3.8, 4) is 0 Å². The summed E-state index contributed by atoms with van der Waals surface area (Å²) in [4.78, 5) is 29.1. The summed E-state index contributed by atoms with van der Waals surface area (Å²) in [6, 6.07) is 29.0. The summed E-state index contributed by atoms with van der Waals surface area (Å²) >= 11 is 6.10. The van der Waals surface area contributed by atoms with Gasteiger partial charge in [0.2, 0.25) is 11.8 Å². The van der Waals surface area contributed by atoms with E-state index in [0.717, 1.165) is 26.6 Å². The number of nitrogens with zero attached hydrogens (tertiary/aromatic N) is 2. The van der Waals surface area contributed by atoms with E-state index >= 15 is 0 Å². The summed E-state index contributed by atoms with van der Waals surface area (Å²) in [5.41, 5.74) is 3.82. The minimum absolute atomic E-state index is 0.0675. The number of likely N-dealkylation sites (N-methyl/N-ethyl adjacent to an activating group) is 1. The second-order valence-electron chi connectivity index (χ2n) is 10.1. The van der Waals surface area contributed by atoms with Crippen LogP contribution < -0.4 is 9.62 Å². The van der Waals surface area contributed by atoms with Crippen LogP contribution in [0.4, 0.5) is 5.69 Å². The van der Waals surface area contributed by atoms with Gasteiger partial charge in [-0.3, -0.25) is 13.9 Å². The van der Waals surface area contributed by atoms with Crippen LogP contribution >= 0.6 is 11.6 Å². The van der Waals surface area contributed by atoms with Gasteiger partial charge in [-0.25, -0.2) is 8.42 Å². The standard InChI is InChI=1S/C33H34ClN3O4S/c1-24-9-17-29(18-10-24)37(42(40,41)30-19-11-25(2)12-20-30)23-32(38)36(22-27-13-15-28(34)16-14-27)31(33(39)35-3)21-26-7-5-4-6-8-26/h4-20,31H,21-23H2,1-3H3,(H,35,39)/t31-/m0/s1. The smallest absolute Gasteiger partial charge is 0.264 e. The predicted molar refractivity (Wildman–Crippen MR) is 167 cm³/mol. The summed E-state index contributed by atoms with van der Waals surface area (Å²) in [7, 11) is -2.61. The van der Waals surface area contributed by atoms with Gasteiger partial charge in [0.25, 0.3) is 10.0 Å². The minimum atomic E-state index is -4.13. The molecule has 0 heterocycles. The zero-order valence-electron chi connectivity index (χ0n) is 23.8. The van der Waals surface area contributed by atoms with Crippen molar-refractivity contribution in [1.29, 1.82) is 0 Å². The normalized spacial score (nSPS) is 11.9. The van der Waals surface area contributed by atoms with Crippen molar-refractivity contribution >= 4 is 39.1 Å². The van der Waals surface area contributed by atoms with Gasteiger partial charge >= 0.3 is 0 Å². The van der Waals surface area contributed by atoms with Crippen molar-refractivity contribution < 1.29 is 18.0 Å². The molecule has 42 heavy (non-hydrogen) atoms. The summed E-state index contributed by atoms with van der Waals surface area (Å²) in [6.07, 6.45) is 0.245. The van der Waals surface area contributed by atoms with Crippen LogP contribution in [0.2, 0.25) is 5.02 Å². The Labute approximate surface area is 252 Å². The Hall–Kier alpha value is -4.14. The summed E-state index contributed by atoms with van der Waals surface area (Å²) in [5.74, 6) is -0.879. The van der Waals surface area contributed by atoms with Crippen molar-refractivity contribution in [2.24, 2.45) is 0 Å². The number of benzene rings is 4. The Morgan fingerprint density at radius 1 is 0.786 bits per heavy atom. The molecule has 0 saturated heterocycles. The van der Waals surface area contributed by atoms with Gasteiger partial charge < -0.3 is 10.2 Å². The second-order valence-corrected chi connectivity index (χ2v) is 12.4. The number of hydrogen-bond acceptors (Lipinski definition) is 4. The lowest BCUT2D eigenvalue weighted by Crippen LogP contribution is -2.53. The van der Waals surface area contributed by atoms with Gasteiger partial charge in [-0.1, -0.05) is 89.5 Å². The third kappa shape index (κ3) is 7.57. The third-order valence-corrected chi connectivity index (χ3v) is 9.03. The maximum absolute atomic E-state index is 14.3. The number of hydrogen-bond donors (Lipinski definition) is 1. The third-order valence-electron chi connectivity index (χ3n) is 6.99. The van der Waals surface area contributed by atoms with Gasteiger partial charge in [0.15, 0.2) is 0 Å². The number of rotatable bonds is 11. The molecule has 218 valence electrons. The van der Waals surface area contributed by atoms with Crippen LogP contribution in [0.3, 0.4) is 0 Å². The Kier molecular flexibility index (Phi) is 10.0. The number of carbonyl (C=O) groups excluding carboxylic acids is 2. The Bertz CT molecular complexity index is 1610. The molecule has 1 N–H and O–H groups in total. The number of nitrogens with one attached hydrogen (secondary N) is 1. The molecule has 4 rings (SSSR count). The first-order valence-corrected chi connectivity index (χ1v) is 15.4. The maximum Gasteiger partial charge on any atom is 0.264 e. The molecule has 0 aliphatic heterocycles. The van der Waals surface area contributed by atoms with E-state index in [0.29, 0.717) is 10.7 Å². The summed E-state index contributed by atoms with van der Waals surface area (Å²) < 4.78 is 29.1. The largest absolute Gasteiger partial charge is 0.357 e. The highest BCUT2D eigenvalue weighted by Gasteiger charge is 2.34. The molecule has 9 heteroatoms. The van der Waals surface area contributed by atoms with Gasteiger partial charge in [0.1, 0.15) is 12.6 Å². The van der Waals surface area contributed by atoms with Crippen LogP contribution in [0.15, 0.2) is 108 Å². The van der Waals surface area contributed by atoms with Gasteiger partial charge in [0, 0.05) is 25.0 Å². The van der Waals surface area contributed by atoms with Gasteiger partial charge in [-0.15, -0.1) is 0 Å². The number of carbonyl (C=O) groups is 2. The van der Waals surface area contributed by atoms with E-state index in [9.17, 15) is 18.0 Å². The predicted octanol–water partition coefficient (Wildman–Crippen LogP) is 5.54. The van der Waals surface area contributed by atoms with E-state index < -0.39 is 28.5 Å². The first-order valence-electron chi connectivity index (χ1n) is 13.5. The molecule has 0 saturated carbocycles. The zero-order valence-corrected chi connectivity index (χ0v) is 25.4. The van der Waals surface area contributed by atoms with E-state index in [4.69, 9.17) is 11.6 Å². The molecule has 0 radical (unpaired) electrons. The topological polar surface area (TPSA) is 86.8 Å². The molecular weight excluding hydrogens is 570 g/mol. The van der Waals surface area contributed by atoms with E-state index in [1.807, 2.05) is 44.2 Å². The SMILES string of the molecule is CNC(=O)[C@H](Cc1ccccc1)N(Cc1ccc(Cl)cc1)C(=O)CN(c1ccc(C)cc1)S(=O)(=O)c1ccc(C)cc1. The van der Waals surface area contributed by atoms with Crippen molar-refractivity contribution in [2.45, 2.75) is 37.8 Å². The van der Waals surface area contributed by atoms with E-state index in [1.54, 1.807) is 60.7 Å². The number of halogens is 1. The van der Waals surface area contributed by atoms with Crippen molar-refractivity contribution in [3.05, 3.63) is 130 Å². The molecule has 4 aromatic carbocycles. The Morgan fingerprint density at radius 3 is 1.93 bits per heavy atom. The number of aryl methyl sites for hydroxylation is 2. The highest BCUT2D eigenvalue weighted by molar-refractivity contribution is 7.92. The van der Waals surface area contributed by atoms with Crippen LogP contribution in [0.5, 0.6) is 0 Å². The average Bonchev–Trinajstić information content (AvgIpc) is 2.99. The summed E-state index contributed by atoms with van der Waals surface area (Å²) in [6.45, 7) is 3.35. The van der Waals surface area contributed by atoms with Gasteiger partial charge in [-0.05, 0) is 61.4 Å². The first-order chi connectivity index (χ1) is 20.1. The lowest BCUT2D eigenvalue weighted by atomic mass is 10.0. The highest BCUT2D eigenvalue weighted by atomic mass is 35.5. The second kappa shape index (κ2) is 13.7. The fraction of sp³-hybridized carbons (Fsp3) is 0.212. The number of amides is 2. The molecule has 0 unspecified atom stereocenters. The lowest BCUT2D eigenvalue weighted by molar-refractivity contribution is -0.139. The fourth-order valence-electron chi connectivity index (χ4n) is 4.58. The molecule has 4 aromatic rings. The highest BCUT2D eigenvalue weighted by Crippen LogP contribution is 2.26. The van der Waals surface area contributed by atoms with Crippen LogP contribution in [0.1, 0.15) is 22.3 Å². The van der Waals surface area contributed by atoms with Crippen LogP contribution in [-0.4, -0.2) is 44.8 Å². The summed E-state index contributed by atoms with van der Waals surface area (Å²) in [5, 5.41) is 3.22. The van der Waals surface area contributed by atoms with Gasteiger partial charge in [0.05, 0.1) is 10.6 Å². The van der Waals surface area contributed by atoms with Crippen molar-refractivity contribution in [1.82, 2.24) is 10.2 Å². The Balaban J connectivity index is 1.77. The first kappa shape index (κ1) is 30.8. The monoisotopic (exact) mass is 603 g/mol. The van der Waals surface area contributed by atoms with Crippen LogP contribution in [0.25, 0.3) is 0 Å². The van der Waals surface area contributed by atoms with E-state index in [1.165, 1.54) is 24.1 Å². The zero-order chi connectivity index (χ0) is 30.3. The van der Waals surface area contributed by atoms with Crippen LogP contribution in [-0.2, 0) is 32.6 Å². The molecule has 1 atom stereocenters. The quantitative estimate of drug-likeness (QED) is 0.244. The molecule has 2 amide bonds. The molecule has 0 aliphatic rings. The van der Waals surface area contributed by atoms with E-state index in [2.05, 4.69) is 5.32 Å².